The quantitative estimate of drug-likeness (QED) is 0.0522. The minimum atomic E-state index is -5.40. The van der Waals surface area contributed by atoms with E-state index in [0.717, 1.165) is 4.68 Å². The van der Waals surface area contributed by atoms with E-state index in [4.69, 9.17) is 0 Å². The molecule has 21 nitrogen and oxygen atoms in total. The first-order chi connectivity index (χ1) is 23.2. The fourth-order valence-corrected chi connectivity index (χ4v) is 6.24. The summed E-state index contributed by atoms with van der Waals surface area (Å²) in [6, 6.07) is 10.8. The molecule has 1 heterocycles. The van der Waals surface area contributed by atoms with Crippen LogP contribution in [-0.4, -0.2) is 63.8 Å². The summed E-state index contributed by atoms with van der Waals surface area (Å²) >= 11 is 0. The minimum Gasteiger partial charge on any atom is -0.505 e. The summed E-state index contributed by atoms with van der Waals surface area (Å²) in [5.74, 6) is -2.53. The number of nitro groups is 1. The first-order valence-electron chi connectivity index (χ1n) is 13.2. The third kappa shape index (κ3) is 6.81. The maximum atomic E-state index is 13.1. The summed E-state index contributed by atoms with van der Waals surface area (Å²) in [5, 5.41) is 49.2. The molecule has 24 heteroatoms. The van der Waals surface area contributed by atoms with E-state index in [1.54, 1.807) is 30.3 Å². The molecule has 6 N–H and O–H groups in total. The number of phenolic OH excluding ortho intramolecular Hbond substituents is 2. The zero-order valence-electron chi connectivity index (χ0n) is 24.6. The van der Waals surface area contributed by atoms with Gasteiger partial charge in [0.2, 0.25) is 5.75 Å². The number of nitrogens with one attached hydrogen (secondary N) is 1. The number of hydrogen-bond acceptors (Lipinski definition) is 15. The van der Waals surface area contributed by atoms with Gasteiger partial charge in [0.1, 0.15) is 21.2 Å². The molecular formula is C26H19N7O14S3. The van der Waals surface area contributed by atoms with Crippen LogP contribution in [-0.2, 0) is 30.4 Å². The van der Waals surface area contributed by atoms with Gasteiger partial charge in [0.05, 0.1) is 32.3 Å². The van der Waals surface area contributed by atoms with E-state index in [1.165, 1.54) is 6.92 Å². The van der Waals surface area contributed by atoms with Crippen LogP contribution < -0.4 is 5.56 Å². The van der Waals surface area contributed by atoms with Gasteiger partial charge in [0.25, 0.3) is 35.9 Å². The monoisotopic (exact) mass is 749 g/mol. The Morgan fingerprint density at radius 3 is 1.88 bits per heavy atom. The molecule has 5 rings (SSSR count). The van der Waals surface area contributed by atoms with Crippen LogP contribution in [0, 0.1) is 17.0 Å². The van der Waals surface area contributed by atoms with Crippen molar-refractivity contribution in [2.45, 2.75) is 21.6 Å². The number of aromatic amines is 1. The fraction of sp³-hybridized carbons (Fsp3) is 0.0385. The van der Waals surface area contributed by atoms with Crippen LogP contribution in [0.3, 0.4) is 0 Å². The van der Waals surface area contributed by atoms with Gasteiger partial charge in [-0.25, -0.2) is 4.68 Å². The van der Waals surface area contributed by atoms with E-state index in [1.807, 2.05) is 0 Å². The Kier molecular flexibility index (Phi) is 8.86. The second kappa shape index (κ2) is 12.5. The van der Waals surface area contributed by atoms with Crippen molar-refractivity contribution >= 4 is 69.6 Å². The van der Waals surface area contributed by atoms with Gasteiger partial charge in [0.15, 0.2) is 11.4 Å². The van der Waals surface area contributed by atoms with E-state index < -0.39 is 101 Å². The topological polar surface area (TPSA) is 334 Å². The Bertz CT molecular complexity index is 2710. The summed E-state index contributed by atoms with van der Waals surface area (Å²) in [6.07, 6.45) is 0. The lowest BCUT2D eigenvalue weighted by Crippen LogP contribution is -2.13. The number of H-pyrrole nitrogens is 1. The normalized spacial score (nSPS) is 12.7. The van der Waals surface area contributed by atoms with E-state index in [-0.39, 0.29) is 17.4 Å². The summed E-state index contributed by atoms with van der Waals surface area (Å²) in [4.78, 5) is 19.9. The van der Waals surface area contributed by atoms with Gasteiger partial charge in [-0.1, -0.05) is 18.2 Å². The van der Waals surface area contributed by atoms with Gasteiger partial charge in [-0.05, 0) is 48.7 Å². The molecule has 50 heavy (non-hydrogen) atoms. The number of rotatable bonds is 9. The highest BCUT2D eigenvalue weighted by Crippen LogP contribution is 2.47. The highest BCUT2D eigenvalue weighted by atomic mass is 32.2. The van der Waals surface area contributed by atoms with Crippen molar-refractivity contribution in [3.8, 4) is 17.2 Å². The van der Waals surface area contributed by atoms with Crippen molar-refractivity contribution in [1.82, 2.24) is 9.78 Å². The molecule has 1 aromatic heterocycles. The van der Waals surface area contributed by atoms with Crippen LogP contribution in [0.4, 0.5) is 28.4 Å². The smallest absolute Gasteiger partial charge is 0.314 e. The molecule has 0 amide bonds. The van der Waals surface area contributed by atoms with Gasteiger partial charge in [0, 0.05) is 6.07 Å². The Morgan fingerprint density at radius 2 is 1.30 bits per heavy atom. The lowest BCUT2D eigenvalue weighted by atomic mass is 10.1. The second-order valence-electron chi connectivity index (χ2n) is 10.1. The molecule has 4 aromatic carbocycles. The first-order valence-corrected chi connectivity index (χ1v) is 17.5. The average molecular weight is 750 g/mol. The molecule has 0 saturated heterocycles. The zero-order chi connectivity index (χ0) is 36.9. The van der Waals surface area contributed by atoms with Crippen molar-refractivity contribution in [3.05, 3.63) is 86.8 Å². The lowest BCUT2D eigenvalue weighted by molar-refractivity contribution is -0.386. The molecule has 5 aromatic rings. The van der Waals surface area contributed by atoms with Crippen molar-refractivity contribution < 1.29 is 54.0 Å². The van der Waals surface area contributed by atoms with Crippen LogP contribution in [0.25, 0.3) is 16.5 Å². The molecule has 0 radical (unpaired) electrons. The molecule has 0 atom stereocenters. The average Bonchev–Trinajstić information content (AvgIpc) is 3.30. The number of hydrogen-bond donors (Lipinski definition) is 6. The standard InChI is InChI=1S/C26H19N7O14S3/c1-12-22(26(36)32(31-12)14-5-3-2-4-6-14)29-27-17-9-15(48(39,40)41)7-13-8-20(50(45,46)47)23(25(35)21(13)17)30-28-18-10-16(49(42,43)44)11-19(24(18)34)33(37)38/h2-11,31,34-35H,1H3,(H,39,40,41)(H,42,43,44)(H,45,46,47). The molecule has 0 unspecified atom stereocenters. The Hall–Kier alpha value is -5.92. The Morgan fingerprint density at radius 1 is 0.740 bits per heavy atom. The van der Waals surface area contributed by atoms with E-state index in [2.05, 4.69) is 25.6 Å². The number of nitro benzene ring substituents is 1. The fourth-order valence-electron chi connectivity index (χ4n) is 4.53. The summed E-state index contributed by atoms with van der Waals surface area (Å²) in [5.41, 5.74) is -4.53. The lowest BCUT2D eigenvalue weighted by Gasteiger charge is -2.12. The van der Waals surface area contributed by atoms with E-state index >= 15 is 0 Å². The van der Waals surface area contributed by atoms with Crippen molar-refractivity contribution in [3.63, 3.8) is 0 Å². The summed E-state index contributed by atoms with van der Waals surface area (Å²) < 4.78 is 102. The van der Waals surface area contributed by atoms with E-state index in [9.17, 15) is 64.0 Å². The maximum absolute atomic E-state index is 13.1. The predicted octanol–water partition coefficient (Wildman–Crippen LogP) is 4.52. The number of benzene rings is 4. The Labute approximate surface area is 278 Å². The third-order valence-electron chi connectivity index (χ3n) is 6.79. The molecule has 260 valence electrons. The first kappa shape index (κ1) is 35.4. The second-order valence-corrected chi connectivity index (χ2v) is 14.3. The number of phenols is 2. The molecule has 0 bridgehead atoms. The van der Waals surface area contributed by atoms with Crippen LogP contribution in [0.15, 0.2) is 101 Å². The van der Waals surface area contributed by atoms with E-state index in [0.29, 0.717) is 30.0 Å². The van der Waals surface area contributed by atoms with Crippen molar-refractivity contribution in [2.75, 3.05) is 0 Å². The number of aryl methyl sites for hydroxylation is 1. The van der Waals surface area contributed by atoms with Gasteiger partial charge in [-0.2, -0.15) is 25.3 Å². The molecule has 0 aliphatic carbocycles. The molecule has 0 saturated carbocycles. The highest BCUT2D eigenvalue weighted by Gasteiger charge is 2.27. The molecule has 0 aliphatic rings. The van der Waals surface area contributed by atoms with Crippen LogP contribution in [0.1, 0.15) is 5.69 Å². The largest absolute Gasteiger partial charge is 0.505 e. The number of fused-ring (bicyclic) bond motifs is 1. The molecular weight excluding hydrogens is 731 g/mol. The number of nitrogens with zero attached hydrogens (tertiary/aromatic N) is 6. The summed E-state index contributed by atoms with van der Waals surface area (Å²) in [7, 11) is -15.6. The van der Waals surface area contributed by atoms with Crippen LogP contribution in [0.5, 0.6) is 11.5 Å². The molecule has 0 fully saturated rings. The number of azo groups is 2. The van der Waals surface area contributed by atoms with Crippen molar-refractivity contribution in [2.24, 2.45) is 20.5 Å². The van der Waals surface area contributed by atoms with Crippen molar-refractivity contribution in [1.29, 1.82) is 0 Å². The van der Waals surface area contributed by atoms with Gasteiger partial charge < -0.3 is 10.2 Å². The van der Waals surface area contributed by atoms with Crippen LogP contribution >= 0.6 is 0 Å². The molecule has 0 aliphatic heterocycles. The molecule has 0 spiro atoms. The minimum absolute atomic E-state index is 0.172. The maximum Gasteiger partial charge on any atom is 0.314 e. The third-order valence-corrected chi connectivity index (χ3v) is 9.32. The van der Waals surface area contributed by atoms with Gasteiger partial charge >= 0.3 is 5.69 Å². The van der Waals surface area contributed by atoms with Crippen LogP contribution in [0.2, 0.25) is 0 Å². The van der Waals surface area contributed by atoms with Gasteiger partial charge in [-0.15, -0.1) is 20.5 Å². The summed E-state index contributed by atoms with van der Waals surface area (Å²) in [6.45, 7) is 1.45. The SMILES string of the molecule is Cc1[nH]n(-c2ccccc2)c(=O)c1N=Nc1cc(S(=O)(=O)O)cc2cc(S(=O)(=O)O)c(N=Nc3cc(S(=O)(=O)O)cc([N+](=O)[O-])c3O)c(O)c12. The predicted molar refractivity (Wildman–Crippen MR) is 169 cm³/mol. The van der Waals surface area contributed by atoms with Gasteiger partial charge in [-0.3, -0.25) is 33.7 Å². The number of para-hydroxylation sites is 1. The number of aromatic nitrogens is 2. The number of aromatic hydroxyl groups is 2. The Balaban J connectivity index is 1.79. The highest BCUT2D eigenvalue weighted by molar-refractivity contribution is 7.86. The zero-order valence-corrected chi connectivity index (χ0v) is 27.0.